The van der Waals surface area contributed by atoms with Crippen LogP contribution in [-0.4, -0.2) is 13.1 Å². The molecule has 0 atom stereocenters. The molecule has 4 N–H and O–H groups in total. The lowest BCUT2D eigenvalue weighted by Gasteiger charge is -2.21. The predicted molar refractivity (Wildman–Crippen MR) is 85.6 cm³/mol. The van der Waals surface area contributed by atoms with E-state index < -0.39 is 5.97 Å². The number of carbonyl (C=O) groups is 1. The smallest absolute Gasteiger partial charge is 0.393 e. The Kier molecular flexibility index (Phi) is 5.94. The zero-order valence-corrected chi connectivity index (χ0v) is 13.7. The Morgan fingerprint density at radius 3 is 2.77 bits per heavy atom. The molecule has 0 heterocycles. The normalized spacial score (nSPS) is 10.5. The average Bonchev–Trinajstić information content (AvgIpc) is 2.53. The summed E-state index contributed by atoms with van der Waals surface area (Å²) >= 11 is 3.31. The third kappa shape index (κ3) is 4.56. The molecule has 0 aliphatic carbocycles. The lowest BCUT2D eigenvalue weighted by molar-refractivity contribution is -0.860. The summed E-state index contributed by atoms with van der Waals surface area (Å²) in [6.45, 7) is 0. The van der Waals surface area contributed by atoms with E-state index in [9.17, 15) is 4.79 Å². The number of methoxy groups -OCH3 is 1. The highest BCUT2D eigenvalue weighted by Gasteiger charge is 2.10. The van der Waals surface area contributed by atoms with E-state index in [1.807, 2.05) is 30.3 Å². The molecule has 0 bridgehead atoms. The van der Waals surface area contributed by atoms with E-state index in [-0.39, 0.29) is 0 Å². The first-order chi connectivity index (χ1) is 10.6. The Balaban J connectivity index is 1.90. The van der Waals surface area contributed by atoms with E-state index in [0.29, 0.717) is 18.2 Å². The molecule has 0 saturated heterocycles. The fourth-order valence-electron chi connectivity index (χ4n) is 1.92. The van der Waals surface area contributed by atoms with Gasteiger partial charge in [-0.1, -0.05) is 46.6 Å². The van der Waals surface area contributed by atoms with Gasteiger partial charge in [0.05, 0.1) is 12.7 Å². The van der Waals surface area contributed by atoms with E-state index in [2.05, 4.69) is 15.9 Å². The summed E-state index contributed by atoms with van der Waals surface area (Å²) in [7, 11) is 1.60. The number of rotatable bonds is 6. The molecule has 0 amide bonds. The van der Waals surface area contributed by atoms with Crippen molar-refractivity contribution in [3.8, 4) is 5.75 Å². The number of ether oxygens (including phenoxy) is 1. The molecule has 6 heteroatoms. The van der Waals surface area contributed by atoms with Crippen molar-refractivity contribution >= 4 is 21.9 Å². The zero-order chi connectivity index (χ0) is 15.9. The Morgan fingerprint density at radius 2 is 2.05 bits per heavy atom. The summed E-state index contributed by atoms with van der Waals surface area (Å²) in [6, 6.07) is 14.5. The molecule has 0 unspecified atom stereocenters. The molecule has 0 aliphatic rings. The molecular formula is C16H17BrN2O3. The van der Waals surface area contributed by atoms with Gasteiger partial charge in [-0.2, -0.15) is 0 Å². The molecule has 2 rings (SSSR count). The number of halogens is 1. The molecule has 22 heavy (non-hydrogen) atoms. The van der Waals surface area contributed by atoms with Gasteiger partial charge in [0, 0.05) is 4.47 Å². The van der Waals surface area contributed by atoms with Gasteiger partial charge in [0.15, 0.2) is 0 Å². The summed E-state index contributed by atoms with van der Waals surface area (Å²) in [5, 5.41) is 0. The SMILES string of the molecule is COc1ccccc1C[C-](N)[NH2+]OC(=O)c1cccc(Br)c1. The van der Waals surface area contributed by atoms with E-state index in [1.165, 1.54) is 5.48 Å². The quantitative estimate of drug-likeness (QED) is 0.604. The average molecular weight is 365 g/mol. The maximum absolute atomic E-state index is 11.9. The maximum Gasteiger partial charge on any atom is 0.393 e. The fourth-order valence-corrected chi connectivity index (χ4v) is 2.32. The van der Waals surface area contributed by atoms with E-state index in [0.717, 1.165) is 15.8 Å². The van der Waals surface area contributed by atoms with Crippen LogP contribution in [-0.2, 0) is 11.3 Å². The first kappa shape index (κ1) is 16.5. The monoisotopic (exact) mass is 364 g/mol. The van der Waals surface area contributed by atoms with Crippen LogP contribution >= 0.6 is 15.9 Å². The highest BCUT2D eigenvalue weighted by atomic mass is 79.9. The Labute approximate surface area is 137 Å². The van der Waals surface area contributed by atoms with Crippen LogP contribution in [0.25, 0.3) is 0 Å². The second-order valence-corrected chi connectivity index (χ2v) is 5.51. The largest absolute Gasteiger partial charge is 0.497 e. The van der Waals surface area contributed by atoms with Crippen molar-refractivity contribution in [2.75, 3.05) is 7.11 Å². The molecule has 2 aromatic rings. The van der Waals surface area contributed by atoms with Crippen molar-refractivity contribution in [1.82, 2.24) is 0 Å². The lowest BCUT2D eigenvalue weighted by atomic mass is 10.1. The van der Waals surface area contributed by atoms with Crippen LogP contribution in [0, 0.1) is 6.17 Å². The fraction of sp³-hybridized carbons (Fsp3) is 0.125. The molecule has 0 aromatic heterocycles. The first-order valence-corrected chi connectivity index (χ1v) is 7.42. The molecule has 0 saturated carbocycles. The molecule has 0 spiro atoms. The number of nitrogens with two attached hydrogens (primary N) is 2. The summed E-state index contributed by atoms with van der Waals surface area (Å²) in [5.41, 5.74) is 8.56. The van der Waals surface area contributed by atoms with Crippen LogP contribution in [0.2, 0.25) is 0 Å². The lowest BCUT2D eigenvalue weighted by Crippen LogP contribution is -2.88. The van der Waals surface area contributed by atoms with Crippen molar-refractivity contribution in [3.63, 3.8) is 0 Å². The molecule has 0 radical (unpaired) electrons. The van der Waals surface area contributed by atoms with Crippen molar-refractivity contribution < 1.29 is 19.8 Å². The van der Waals surface area contributed by atoms with Crippen LogP contribution in [0.5, 0.6) is 5.75 Å². The van der Waals surface area contributed by atoms with Crippen molar-refractivity contribution in [2.45, 2.75) is 6.42 Å². The van der Waals surface area contributed by atoms with Crippen molar-refractivity contribution in [1.29, 1.82) is 0 Å². The van der Waals surface area contributed by atoms with Gasteiger partial charge in [-0.25, -0.2) is 4.79 Å². The first-order valence-electron chi connectivity index (χ1n) is 6.63. The van der Waals surface area contributed by atoms with Crippen molar-refractivity contribution in [3.05, 3.63) is 70.3 Å². The van der Waals surface area contributed by atoms with Gasteiger partial charge in [-0.3, -0.25) is 5.48 Å². The molecule has 0 aliphatic heterocycles. The third-order valence-electron chi connectivity index (χ3n) is 2.96. The topological polar surface area (TPSA) is 78.2 Å². The second kappa shape index (κ2) is 7.93. The van der Waals surface area contributed by atoms with E-state index in [1.54, 1.807) is 25.3 Å². The number of hydrogen-bond donors (Lipinski definition) is 2. The second-order valence-electron chi connectivity index (χ2n) is 4.60. The number of quaternary nitrogens is 1. The van der Waals surface area contributed by atoms with Gasteiger partial charge in [0.1, 0.15) is 5.75 Å². The zero-order valence-electron chi connectivity index (χ0n) is 12.1. The molecular weight excluding hydrogens is 348 g/mol. The maximum atomic E-state index is 11.9. The van der Waals surface area contributed by atoms with Crippen LogP contribution in [0.4, 0.5) is 0 Å². The minimum atomic E-state index is -0.454. The molecule has 2 aromatic carbocycles. The molecule has 116 valence electrons. The minimum absolute atomic E-state index is 0.438. The number of benzene rings is 2. The number of carbonyl (C=O) groups excluding carboxylic acids is 1. The summed E-state index contributed by atoms with van der Waals surface area (Å²) in [5.74, 6) is 0.293. The summed E-state index contributed by atoms with van der Waals surface area (Å²) in [6.07, 6.45) is 0.878. The van der Waals surface area contributed by atoms with E-state index in [4.69, 9.17) is 15.3 Å². The third-order valence-corrected chi connectivity index (χ3v) is 3.46. The standard InChI is InChI=1S/C16H17BrN2O3/c1-21-14-8-3-2-5-11(14)10-15(18)19-22-16(20)12-6-4-7-13(17)9-12/h2-9H,10,18-19H2,1H3. The van der Waals surface area contributed by atoms with Crippen LogP contribution in [0.15, 0.2) is 53.0 Å². The number of para-hydroxylation sites is 1. The van der Waals surface area contributed by atoms with E-state index >= 15 is 0 Å². The Bertz CT molecular complexity index is 649. The number of hydroxylamine groups is 1. The van der Waals surface area contributed by atoms with Gasteiger partial charge in [0.2, 0.25) is 0 Å². The van der Waals surface area contributed by atoms with Gasteiger partial charge < -0.3 is 15.3 Å². The highest BCUT2D eigenvalue weighted by molar-refractivity contribution is 9.10. The van der Waals surface area contributed by atoms with Gasteiger partial charge in [0.25, 0.3) is 0 Å². The van der Waals surface area contributed by atoms with Crippen LogP contribution in [0.3, 0.4) is 0 Å². The molecule has 5 nitrogen and oxygen atoms in total. The highest BCUT2D eigenvalue weighted by Crippen LogP contribution is 2.18. The van der Waals surface area contributed by atoms with Gasteiger partial charge in [-0.15, -0.1) is 0 Å². The minimum Gasteiger partial charge on any atom is -0.497 e. The summed E-state index contributed by atoms with van der Waals surface area (Å²) < 4.78 is 6.07. The Hall–Kier alpha value is -1.89. The predicted octanol–water partition coefficient (Wildman–Crippen LogP) is 1.78. The van der Waals surface area contributed by atoms with Crippen LogP contribution < -0.4 is 16.0 Å². The van der Waals surface area contributed by atoms with Crippen molar-refractivity contribution in [2.24, 2.45) is 5.73 Å². The summed E-state index contributed by atoms with van der Waals surface area (Å²) in [4.78, 5) is 17.0. The van der Waals surface area contributed by atoms with Gasteiger partial charge >= 0.3 is 5.97 Å². The molecule has 0 fully saturated rings. The number of hydrogen-bond acceptors (Lipinski definition) is 4. The Morgan fingerprint density at radius 1 is 1.27 bits per heavy atom. The van der Waals surface area contributed by atoms with Crippen LogP contribution in [0.1, 0.15) is 15.9 Å². The van der Waals surface area contributed by atoms with Gasteiger partial charge in [-0.05, 0) is 36.0 Å².